The second kappa shape index (κ2) is 7.66. The number of nitrogens with zero attached hydrogens (tertiary/aromatic N) is 1. The van der Waals surface area contributed by atoms with Crippen LogP contribution in [0.25, 0.3) is 0 Å². The van der Waals surface area contributed by atoms with Crippen LogP contribution in [0.15, 0.2) is 30.3 Å². The number of ether oxygens (including phenoxy) is 2. The normalized spacial score (nSPS) is 20.3. The van der Waals surface area contributed by atoms with Gasteiger partial charge in [0.2, 0.25) is 0 Å². The molecular formula is C20H30N2O4. The zero-order chi connectivity index (χ0) is 19.5. The van der Waals surface area contributed by atoms with Crippen LogP contribution in [-0.4, -0.2) is 46.9 Å². The highest BCUT2D eigenvalue weighted by Gasteiger charge is 2.50. The van der Waals surface area contributed by atoms with Gasteiger partial charge >= 0.3 is 6.09 Å². The van der Waals surface area contributed by atoms with E-state index in [-0.39, 0.29) is 11.9 Å². The molecule has 2 atom stereocenters. The summed E-state index contributed by atoms with van der Waals surface area (Å²) in [6.07, 6.45) is -0.249. The Bertz CT molecular complexity index is 626. The molecule has 1 aromatic rings. The lowest BCUT2D eigenvalue weighted by Gasteiger charge is -2.38. The lowest BCUT2D eigenvalue weighted by Crippen LogP contribution is -2.54. The van der Waals surface area contributed by atoms with Crippen LogP contribution in [0.1, 0.15) is 58.3 Å². The van der Waals surface area contributed by atoms with Crippen molar-refractivity contribution in [3.8, 4) is 0 Å². The quantitative estimate of drug-likeness (QED) is 0.869. The highest BCUT2D eigenvalue weighted by atomic mass is 16.6. The molecule has 2 amide bonds. The first-order valence-corrected chi connectivity index (χ1v) is 9.09. The molecule has 0 saturated carbocycles. The molecule has 1 fully saturated rings. The van der Waals surface area contributed by atoms with E-state index in [1.54, 1.807) is 24.0 Å². The number of hydrogen-bond acceptors (Lipinski definition) is 4. The van der Waals surface area contributed by atoms with Crippen molar-refractivity contribution in [3.63, 3.8) is 0 Å². The van der Waals surface area contributed by atoms with Gasteiger partial charge in [0.1, 0.15) is 11.8 Å². The standard InChI is InChI=1S/C20H30N2O4/c1-7-16(21-17(23)15-11-9-8-10-12-15)14(2)26-18(24)22-19(3,4)13-25-20(22,5)6/h8-12,14,16H,7,13H2,1-6H3,(H,21,23)/t14-,16+/m0/s1. The van der Waals surface area contributed by atoms with Crippen LogP contribution >= 0.6 is 0 Å². The summed E-state index contributed by atoms with van der Waals surface area (Å²) in [6.45, 7) is 11.8. The molecule has 6 heteroatoms. The van der Waals surface area contributed by atoms with Crippen LogP contribution in [-0.2, 0) is 9.47 Å². The first-order valence-electron chi connectivity index (χ1n) is 9.09. The van der Waals surface area contributed by atoms with Gasteiger partial charge in [-0.2, -0.15) is 0 Å². The Hall–Kier alpha value is -2.08. The molecule has 0 unspecified atom stereocenters. The minimum Gasteiger partial charge on any atom is -0.444 e. The van der Waals surface area contributed by atoms with E-state index in [0.717, 1.165) is 0 Å². The van der Waals surface area contributed by atoms with Gasteiger partial charge in [-0.15, -0.1) is 0 Å². The number of benzene rings is 1. The number of carbonyl (C=O) groups excluding carboxylic acids is 2. The van der Waals surface area contributed by atoms with E-state index < -0.39 is 23.5 Å². The number of carbonyl (C=O) groups is 2. The Morgan fingerprint density at radius 3 is 2.35 bits per heavy atom. The Morgan fingerprint density at radius 2 is 1.85 bits per heavy atom. The molecule has 0 spiro atoms. The Morgan fingerprint density at radius 1 is 1.23 bits per heavy atom. The molecule has 1 saturated heterocycles. The molecule has 0 aromatic heterocycles. The van der Waals surface area contributed by atoms with E-state index in [4.69, 9.17) is 9.47 Å². The van der Waals surface area contributed by atoms with E-state index in [9.17, 15) is 9.59 Å². The topological polar surface area (TPSA) is 67.9 Å². The van der Waals surface area contributed by atoms with Gasteiger partial charge in [0.05, 0.1) is 18.2 Å². The molecule has 1 aliphatic heterocycles. The van der Waals surface area contributed by atoms with Gasteiger partial charge in [-0.3, -0.25) is 9.69 Å². The van der Waals surface area contributed by atoms with Crippen molar-refractivity contribution in [1.82, 2.24) is 10.2 Å². The van der Waals surface area contributed by atoms with Crippen LogP contribution in [0.3, 0.4) is 0 Å². The van der Waals surface area contributed by atoms with Crippen molar-refractivity contribution in [2.45, 2.75) is 71.4 Å². The van der Waals surface area contributed by atoms with Crippen molar-refractivity contribution in [3.05, 3.63) is 35.9 Å². The fourth-order valence-electron chi connectivity index (χ4n) is 3.36. The van der Waals surface area contributed by atoms with Gasteiger partial charge in [-0.1, -0.05) is 25.1 Å². The van der Waals surface area contributed by atoms with Gasteiger partial charge in [-0.05, 0) is 53.2 Å². The first-order chi connectivity index (χ1) is 12.1. The molecule has 1 aromatic carbocycles. The molecule has 144 valence electrons. The predicted octanol–water partition coefficient (Wildman–Crippen LogP) is 3.57. The third-order valence-corrected chi connectivity index (χ3v) is 4.75. The summed E-state index contributed by atoms with van der Waals surface area (Å²) in [5.74, 6) is -0.175. The average molecular weight is 362 g/mol. The van der Waals surface area contributed by atoms with E-state index in [1.165, 1.54) is 0 Å². The number of nitrogens with one attached hydrogen (secondary N) is 1. The second-order valence-corrected chi connectivity index (χ2v) is 7.83. The Labute approximate surface area is 155 Å². The van der Waals surface area contributed by atoms with E-state index >= 15 is 0 Å². The van der Waals surface area contributed by atoms with Crippen LogP contribution in [0.4, 0.5) is 4.79 Å². The average Bonchev–Trinajstić information content (AvgIpc) is 2.80. The molecule has 26 heavy (non-hydrogen) atoms. The molecule has 0 bridgehead atoms. The Kier molecular flexibility index (Phi) is 5.96. The Balaban J connectivity index is 2.03. The van der Waals surface area contributed by atoms with E-state index in [2.05, 4.69) is 5.32 Å². The van der Waals surface area contributed by atoms with Crippen LogP contribution < -0.4 is 5.32 Å². The lowest BCUT2D eigenvalue weighted by atomic mass is 10.0. The van der Waals surface area contributed by atoms with Crippen molar-refractivity contribution in [1.29, 1.82) is 0 Å². The molecule has 1 N–H and O–H groups in total. The summed E-state index contributed by atoms with van der Waals surface area (Å²) in [4.78, 5) is 26.8. The first kappa shape index (κ1) is 20.2. The highest BCUT2D eigenvalue weighted by molar-refractivity contribution is 5.94. The zero-order valence-corrected chi connectivity index (χ0v) is 16.5. The molecule has 1 heterocycles. The predicted molar refractivity (Wildman–Crippen MR) is 99.9 cm³/mol. The lowest BCUT2D eigenvalue weighted by molar-refractivity contribution is -0.0595. The summed E-state index contributed by atoms with van der Waals surface area (Å²) in [7, 11) is 0. The SMILES string of the molecule is CC[C@@H](NC(=O)c1ccccc1)[C@H](C)OC(=O)N1C(C)(C)COC1(C)C. The minimum absolute atomic E-state index is 0.175. The fourth-order valence-corrected chi connectivity index (χ4v) is 3.36. The molecule has 6 nitrogen and oxygen atoms in total. The van der Waals surface area contributed by atoms with Gasteiger partial charge in [0.25, 0.3) is 5.91 Å². The van der Waals surface area contributed by atoms with Gasteiger partial charge in [-0.25, -0.2) is 4.79 Å². The minimum atomic E-state index is -0.727. The summed E-state index contributed by atoms with van der Waals surface area (Å²) in [5, 5.41) is 2.95. The number of rotatable bonds is 5. The maximum Gasteiger partial charge on any atom is 0.412 e. The highest BCUT2D eigenvalue weighted by Crippen LogP contribution is 2.35. The molecule has 2 rings (SSSR count). The third-order valence-electron chi connectivity index (χ3n) is 4.75. The third kappa shape index (κ3) is 4.36. The molecular weight excluding hydrogens is 332 g/mol. The van der Waals surface area contributed by atoms with Crippen LogP contribution in [0.5, 0.6) is 0 Å². The van der Waals surface area contributed by atoms with Gasteiger partial charge < -0.3 is 14.8 Å². The molecule has 1 aliphatic rings. The molecule has 0 radical (unpaired) electrons. The summed E-state index contributed by atoms with van der Waals surface area (Å²) in [6, 6.07) is 8.73. The maximum absolute atomic E-state index is 12.8. The monoisotopic (exact) mass is 362 g/mol. The fraction of sp³-hybridized carbons (Fsp3) is 0.600. The van der Waals surface area contributed by atoms with E-state index in [1.807, 2.05) is 52.8 Å². The van der Waals surface area contributed by atoms with E-state index in [0.29, 0.717) is 18.6 Å². The second-order valence-electron chi connectivity index (χ2n) is 7.83. The maximum atomic E-state index is 12.8. The number of amides is 2. The number of hydrogen-bond donors (Lipinski definition) is 1. The van der Waals surface area contributed by atoms with Crippen molar-refractivity contribution in [2.24, 2.45) is 0 Å². The summed E-state index contributed by atoms with van der Waals surface area (Å²) >= 11 is 0. The van der Waals surface area contributed by atoms with Crippen LogP contribution in [0.2, 0.25) is 0 Å². The van der Waals surface area contributed by atoms with Gasteiger partial charge in [0.15, 0.2) is 0 Å². The zero-order valence-electron chi connectivity index (χ0n) is 16.5. The molecule has 0 aliphatic carbocycles. The van der Waals surface area contributed by atoms with Crippen molar-refractivity contribution < 1.29 is 19.1 Å². The van der Waals surface area contributed by atoms with Crippen LogP contribution in [0, 0.1) is 0 Å². The smallest absolute Gasteiger partial charge is 0.412 e. The van der Waals surface area contributed by atoms with Crippen molar-refractivity contribution >= 4 is 12.0 Å². The van der Waals surface area contributed by atoms with Crippen molar-refractivity contribution in [2.75, 3.05) is 6.61 Å². The van der Waals surface area contributed by atoms with Gasteiger partial charge in [0, 0.05) is 5.56 Å². The summed E-state index contributed by atoms with van der Waals surface area (Å²) < 4.78 is 11.4. The largest absolute Gasteiger partial charge is 0.444 e. The summed E-state index contributed by atoms with van der Waals surface area (Å²) in [5.41, 5.74) is -0.593.